The minimum atomic E-state index is -0.667. The Labute approximate surface area is 184 Å². The van der Waals surface area contributed by atoms with Gasteiger partial charge >= 0.3 is 0 Å². The Hall–Kier alpha value is -3.00. The maximum absolute atomic E-state index is 13.3. The first-order valence-electron chi connectivity index (χ1n) is 10.7. The SMILES string of the molecule is O=C(NC1(c2nc(-c3ccsc3)no2)CCCCC1)[C@H]1CC(=O)N(c2ccccc2)C1. The van der Waals surface area contributed by atoms with Gasteiger partial charge in [-0.1, -0.05) is 42.6 Å². The lowest BCUT2D eigenvalue weighted by atomic mass is 9.81. The van der Waals surface area contributed by atoms with Gasteiger partial charge in [0.15, 0.2) is 0 Å². The van der Waals surface area contributed by atoms with Crippen LogP contribution in [0.5, 0.6) is 0 Å². The van der Waals surface area contributed by atoms with Gasteiger partial charge in [0, 0.05) is 29.6 Å². The number of carbonyl (C=O) groups excluding carboxylic acids is 2. The van der Waals surface area contributed by atoms with Crippen molar-refractivity contribution in [2.24, 2.45) is 5.92 Å². The summed E-state index contributed by atoms with van der Waals surface area (Å²) in [6.07, 6.45) is 4.81. The molecule has 1 aliphatic carbocycles. The van der Waals surface area contributed by atoms with Crippen molar-refractivity contribution in [1.82, 2.24) is 15.5 Å². The molecular weight excluding hydrogens is 412 g/mol. The smallest absolute Gasteiger partial charge is 0.252 e. The highest BCUT2D eigenvalue weighted by atomic mass is 32.1. The van der Waals surface area contributed by atoms with Crippen LogP contribution in [0.15, 0.2) is 51.7 Å². The molecular formula is C23H24N4O3S. The molecule has 5 rings (SSSR count). The molecule has 7 nitrogen and oxygen atoms in total. The number of anilines is 1. The molecule has 2 aromatic heterocycles. The summed E-state index contributed by atoms with van der Waals surface area (Å²) in [6.45, 7) is 0.384. The third kappa shape index (κ3) is 3.87. The van der Waals surface area contributed by atoms with Gasteiger partial charge in [-0.15, -0.1) is 0 Å². The first-order valence-corrected chi connectivity index (χ1v) is 11.6. The molecule has 2 fully saturated rings. The third-order valence-electron chi connectivity index (χ3n) is 6.25. The lowest BCUT2D eigenvalue weighted by Gasteiger charge is -2.35. The highest BCUT2D eigenvalue weighted by Crippen LogP contribution is 2.38. The molecule has 0 unspecified atom stereocenters. The van der Waals surface area contributed by atoms with Crippen molar-refractivity contribution >= 4 is 28.8 Å². The molecule has 0 radical (unpaired) electrons. The first-order chi connectivity index (χ1) is 15.1. The van der Waals surface area contributed by atoms with E-state index in [9.17, 15) is 9.59 Å². The molecule has 160 valence electrons. The van der Waals surface area contributed by atoms with Gasteiger partial charge in [0.2, 0.25) is 17.6 Å². The molecule has 0 spiro atoms. The molecule has 31 heavy (non-hydrogen) atoms. The van der Waals surface area contributed by atoms with E-state index in [0.29, 0.717) is 18.3 Å². The molecule has 2 aliphatic rings. The van der Waals surface area contributed by atoms with Gasteiger partial charge in [-0.25, -0.2) is 0 Å². The summed E-state index contributed by atoms with van der Waals surface area (Å²) < 4.78 is 5.66. The zero-order chi connectivity index (χ0) is 21.3. The second-order valence-electron chi connectivity index (χ2n) is 8.31. The molecule has 0 bridgehead atoms. The number of carbonyl (C=O) groups is 2. The van der Waals surface area contributed by atoms with Crippen LogP contribution in [-0.2, 0) is 15.1 Å². The summed E-state index contributed by atoms with van der Waals surface area (Å²) >= 11 is 1.58. The zero-order valence-corrected chi connectivity index (χ0v) is 17.9. The van der Waals surface area contributed by atoms with Crippen LogP contribution in [0.3, 0.4) is 0 Å². The predicted octanol–water partition coefficient (Wildman–Crippen LogP) is 4.13. The molecule has 3 heterocycles. The maximum atomic E-state index is 13.3. The van der Waals surface area contributed by atoms with Crippen molar-refractivity contribution in [2.45, 2.75) is 44.1 Å². The van der Waals surface area contributed by atoms with Gasteiger partial charge in [0.1, 0.15) is 5.54 Å². The Morgan fingerprint density at radius 3 is 2.71 bits per heavy atom. The number of nitrogens with one attached hydrogen (secondary N) is 1. The fourth-order valence-electron chi connectivity index (χ4n) is 4.55. The summed E-state index contributed by atoms with van der Waals surface area (Å²) in [5, 5.41) is 11.3. The highest BCUT2D eigenvalue weighted by molar-refractivity contribution is 7.08. The lowest BCUT2D eigenvalue weighted by molar-refractivity contribution is -0.129. The normalized spacial score (nSPS) is 20.7. The van der Waals surface area contributed by atoms with Crippen molar-refractivity contribution in [2.75, 3.05) is 11.4 Å². The second kappa shape index (κ2) is 8.26. The van der Waals surface area contributed by atoms with Gasteiger partial charge in [-0.05, 0) is 36.4 Å². The highest BCUT2D eigenvalue weighted by Gasteiger charge is 2.44. The number of thiophene rings is 1. The average molecular weight is 437 g/mol. The summed E-state index contributed by atoms with van der Waals surface area (Å²) in [5.74, 6) is 0.462. The molecule has 1 aliphatic heterocycles. The predicted molar refractivity (Wildman–Crippen MR) is 117 cm³/mol. The van der Waals surface area contributed by atoms with E-state index in [-0.39, 0.29) is 18.2 Å². The Bertz CT molecular complexity index is 1060. The monoisotopic (exact) mass is 436 g/mol. The molecule has 1 saturated carbocycles. The molecule has 2 amide bonds. The van der Waals surface area contributed by atoms with E-state index in [4.69, 9.17) is 4.52 Å². The molecule has 1 saturated heterocycles. The maximum Gasteiger partial charge on any atom is 0.252 e. The topological polar surface area (TPSA) is 88.3 Å². The van der Waals surface area contributed by atoms with Crippen LogP contribution in [-0.4, -0.2) is 28.5 Å². The summed E-state index contributed by atoms with van der Waals surface area (Å²) in [7, 11) is 0. The molecule has 1 atom stereocenters. The lowest BCUT2D eigenvalue weighted by Crippen LogP contribution is -2.50. The summed E-state index contributed by atoms with van der Waals surface area (Å²) in [5.41, 5.74) is 1.07. The number of nitrogens with zero attached hydrogens (tertiary/aromatic N) is 3. The van der Waals surface area contributed by atoms with Crippen LogP contribution >= 0.6 is 11.3 Å². The first kappa shape index (κ1) is 19.9. The number of benzene rings is 1. The van der Waals surface area contributed by atoms with Crippen molar-refractivity contribution in [1.29, 1.82) is 0 Å². The number of aromatic nitrogens is 2. The van der Waals surface area contributed by atoms with Crippen molar-refractivity contribution < 1.29 is 14.1 Å². The fraction of sp³-hybridized carbons (Fsp3) is 0.391. The van der Waals surface area contributed by atoms with Crippen molar-refractivity contribution in [3.8, 4) is 11.4 Å². The van der Waals surface area contributed by atoms with Crippen LogP contribution < -0.4 is 10.2 Å². The average Bonchev–Trinajstić information content (AvgIpc) is 3.55. The van der Waals surface area contributed by atoms with Crippen LogP contribution in [0.4, 0.5) is 5.69 Å². The van der Waals surface area contributed by atoms with Gasteiger partial charge in [-0.2, -0.15) is 16.3 Å². The van der Waals surface area contributed by atoms with E-state index in [0.717, 1.165) is 43.4 Å². The van der Waals surface area contributed by atoms with Crippen LogP contribution in [0.25, 0.3) is 11.4 Å². The zero-order valence-electron chi connectivity index (χ0n) is 17.1. The third-order valence-corrected chi connectivity index (χ3v) is 6.93. The summed E-state index contributed by atoms with van der Waals surface area (Å²) in [6, 6.07) is 11.4. The molecule has 1 aromatic carbocycles. The molecule has 1 N–H and O–H groups in total. The van der Waals surface area contributed by atoms with E-state index in [2.05, 4.69) is 15.5 Å². The van der Waals surface area contributed by atoms with Crippen LogP contribution in [0, 0.1) is 5.92 Å². The van der Waals surface area contributed by atoms with Gasteiger partial charge < -0.3 is 14.7 Å². The number of amides is 2. The standard InChI is InChI=1S/C23H24N4O3S/c28-19-13-17(14-27(19)18-7-3-1-4-8-18)21(29)25-23(10-5-2-6-11-23)22-24-20(26-30-22)16-9-12-31-15-16/h1,3-4,7-9,12,15,17H,2,5-6,10-11,13-14H2,(H,25,29)/t17-/m0/s1. The number of para-hydroxylation sites is 1. The minimum absolute atomic E-state index is 0.0263. The van der Waals surface area contributed by atoms with E-state index < -0.39 is 11.5 Å². The van der Waals surface area contributed by atoms with Crippen LogP contribution in [0.1, 0.15) is 44.4 Å². The van der Waals surface area contributed by atoms with Crippen LogP contribution in [0.2, 0.25) is 0 Å². The van der Waals surface area contributed by atoms with Gasteiger partial charge in [-0.3, -0.25) is 9.59 Å². The van der Waals surface area contributed by atoms with Gasteiger partial charge in [0.05, 0.1) is 5.92 Å². The minimum Gasteiger partial charge on any atom is -0.341 e. The number of hydrogen-bond donors (Lipinski definition) is 1. The van der Waals surface area contributed by atoms with E-state index in [1.165, 1.54) is 0 Å². The molecule has 8 heteroatoms. The van der Waals surface area contributed by atoms with E-state index in [1.807, 2.05) is 47.2 Å². The second-order valence-corrected chi connectivity index (χ2v) is 9.09. The van der Waals surface area contributed by atoms with Crippen molar-refractivity contribution in [3.63, 3.8) is 0 Å². The Balaban J connectivity index is 1.36. The number of rotatable bonds is 5. The fourth-order valence-corrected chi connectivity index (χ4v) is 5.19. The Morgan fingerprint density at radius 2 is 1.97 bits per heavy atom. The summed E-state index contributed by atoms with van der Waals surface area (Å²) in [4.78, 5) is 32.2. The number of hydrogen-bond acceptors (Lipinski definition) is 6. The quantitative estimate of drug-likeness (QED) is 0.650. The largest absolute Gasteiger partial charge is 0.341 e. The van der Waals surface area contributed by atoms with Gasteiger partial charge in [0.25, 0.3) is 5.89 Å². The Kier molecular flexibility index (Phi) is 5.31. The van der Waals surface area contributed by atoms with Crippen molar-refractivity contribution in [3.05, 3.63) is 53.0 Å². The van der Waals surface area contributed by atoms with E-state index >= 15 is 0 Å². The molecule has 3 aromatic rings. The van der Waals surface area contributed by atoms with E-state index in [1.54, 1.807) is 16.2 Å². The Morgan fingerprint density at radius 1 is 1.16 bits per heavy atom.